The van der Waals surface area contributed by atoms with Crippen molar-refractivity contribution in [3.05, 3.63) is 41.0 Å². The van der Waals surface area contributed by atoms with Gasteiger partial charge in [-0.05, 0) is 19.1 Å². The Hall–Kier alpha value is -1.95. The molecule has 20 heavy (non-hydrogen) atoms. The van der Waals surface area contributed by atoms with Crippen LogP contribution in [0.2, 0.25) is 0 Å². The van der Waals surface area contributed by atoms with E-state index in [0.29, 0.717) is 18.0 Å². The second kappa shape index (κ2) is 8.27. The second-order valence-electron chi connectivity index (χ2n) is 4.07. The molecule has 0 aliphatic carbocycles. The van der Waals surface area contributed by atoms with Gasteiger partial charge in [-0.3, -0.25) is 9.59 Å². The second-order valence-corrected chi connectivity index (χ2v) is 5.17. The molecule has 2 amide bonds. The van der Waals surface area contributed by atoms with Crippen molar-refractivity contribution in [1.29, 1.82) is 0 Å². The number of rotatable bonds is 6. The molecule has 0 bridgehead atoms. The zero-order valence-electron chi connectivity index (χ0n) is 11.5. The normalized spacial score (nSPS) is 11.5. The first-order valence-corrected chi connectivity index (χ1v) is 7.12. The summed E-state index contributed by atoms with van der Waals surface area (Å²) in [5, 5.41) is 14.9. The van der Waals surface area contributed by atoms with Gasteiger partial charge in [0.1, 0.15) is 10.7 Å². The zero-order chi connectivity index (χ0) is 15.0. The van der Waals surface area contributed by atoms with Gasteiger partial charge in [0.25, 0.3) is 5.91 Å². The third-order valence-corrected chi connectivity index (χ3v) is 3.47. The molecule has 6 heteroatoms. The van der Waals surface area contributed by atoms with Gasteiger partial charge in [-0.2, -0.15) is 0 Å². The van der Waals surface area contributed by atoms with E-state index in [0.717, 1.165) is 0 Å². The summed E-state index contributed by atoms with van der Waals surface area (Å²) in [5.74, 6) is -0.00413. The van der Waals surface area contributed by atoms with Gasteiger partial charge in [0.05, 0.1) is 0 Å². The predicted octanol–water partition coefficient (Wildman–Crippen LogP) is 2.28. The van der Waals surface area contributed by atoms with Gasteiger partial charge in [-0.25, -0.2) is 0 Å². The summed E-state index contributed by atoms with van der Waals surface area (Å²) in [4.78, 5) is 23.0. The third kappa shape index (κ3) is 5.79. The van der Waals surface area contributed by atoms with Crippen LogP contribution in [0.3, 0.4) is 0 Å². The number of allylic oxidation sites excluding steroid dienone is 1. The standard InChI is InChI=1S/C14H18N2O3S/c1-10(17)13(20-9-8-15-11(2)18)14(19)16-12-6-4-3-5-7-12/h3-7,17H,8-9H2,1-2H3,(H,15,18)(H,16,19)/b13-10-. The lowest BCUT2D eigenvalue weighted by Crippen LogP contribution is -2.23. The van der Waals surface area contributed by atoms with E-state index in [1.54, 1.807) is 12.1 Å². The van der Waals surface area contributed by atoms with Crippen molar-refractivity contribution in [2.75, 3.05) is 17.6 Å². The molecule has 0 aliphatic heterocycles. The lowest BCUT2D eigenvalue weighted by atomic mass is 10.3. The largest absolute Gasteiger partial charge is 0.511 e. The molecule has 0 heterocycles. The molecule has 1 rings (SSSR count). The molecule has 3 N–H and O–H groups in total. The van der Waals surface area contributed by atoms with Gasteiger partial charge in [-0.15, -0.1) is 11.8 Å². The minimum absolute atomic E-state index is 0.0359. The number of para-hydroxylation sites is 1. The molecule has 1 aromatic carbocycles. The smallest absolute Gasteiger partial charge is 0.265 e. The first kappa shape index (κ1) is 16.1. The number of anilines is 1. The minimum atomic E-state index is -0.357. The van der Waals surface area contributed by atoms with E-state index in [1.165, 1.54) is 25.6 Å². The summed E-state index contributed by atoms with van der Waals surface area (Å²) in [6.07, 6.45) is 0. The highest BCUT2D eigenvalue weighted by molar-refractivity contribution is 8.04. The number of hydrogen-bond donors (Lipinski definition) is 3. The Kier molecular flexibility index (Phi) is 6.66. The van der Waals surface area contributed by atoms with E-state index in [2.05, 4.69) is 10.6 Å². The Morgan fingerprint density at radius 3 is 2.40 bits per heavy atom. The van der Waals surface area contributed by atoms with Crippen LogP contribution < -0.4 is 10.6 Å². The molecule has 0 fully saturated rings. The van der Waals surface area contributed by atoms with Crippen molar-refractivity contribution in [3.8, 4) is 0 Å². The van der Waals surface area contributed by atoms with Gasteiger partial charge in [-0.1, -0.05) is 18.2 Å². The molecule has 0 aliphatic rings. The maximum absolute atomic E-state index is 12.0. The first-order valence-electron chi connectivity index (χ1n) is 6.14. The lowest BCUT2D eigenvalue weighted by Gasteiger charge is -2.09. The van der Waals surface area contributed by atoms with Crippen LogP contribution in [0.4, 0.5) is 5.69 Å². The van der Waals surface area contributed by atoms with Crippen molar-refractivity contribution in [1.82, 2.24) is 5.32 Å². The Labute approximate surface area is 122 Å². The number of aliphatic hydroxyl groups excluding tert-OH is 1. The van der Waals surface area contributed by atoms with E-state index in [4.69, 9.17) is 0 Å². The van der Waals surface area contributed by atoms with Gasteiger partial charge in [0.15, 0.2) is 0 Å². The van der Waals surface area contributed by atoms with Crippen molar-refractivity contribution < 1.29 is 14.7 Å². The fourth-order valence-corrected chi connectivity index (χ4v) is 2.22. The Morgan fingerprint density at radius 2 is 1.85 bits per heavy atom. The Morgan fingerprint density at radius 1 is 1.20 bits per heavy atom. The molecule has 0 saturated carbocycles. The highest BCUT2D eigenvalue weighted by Crippen LogP contribution is 2.20. The average Bonchev–Trinajstić information content (AvgIpc) is 2.38. The summed E-state index contributed by atoms with van der Waals surface area (Å²) in [6, 6.07) is 9.02. The Bertz CT molecular complexity index is 496. The summed E-state index contributed by atoms with van der Waals surface area (Å²) >= 11 is 1.20. The van der Waals surface area contributed by atoms with Gasteiger partial charge in [0.2, 0.25) is 5.91 Å². The van der Waals surface area contributed by atoms with Crippen LogP contribution in [0.25, 0.3) is 0 Å². The number of nitrogens with one attached hydrogen (secondary N) is 2. The van der Waals surface area contributed by atoms with E-state index < -0.39 is 0 Å². The molecular weight excluding hydrogens is 276 g/mol. The molecule has 0 unspecified atom stereocenters. The van der Waals surface area contributed by atoms with E-state index in [9.17, 15) is 14.7 Å². The van der Waals surface area contributed by atoms with E-state index >= 15 is 0 Å². The quantitative estimate of drug-likeness (QED) is 0.427. The van der Waals surface area contributed by atoms with Crippen molar-refractivity contribution >= 4 is 29.3 Å². The molecule has 5 nitrogen and oxygen atoms in total. The highest BCUT2D eigenvalue weighted by Gasteiger charge is 2.14. The number of thioether (sulfide) groups is 1. The first-order chi connectivity index (χ1) is 9.50. The third-order valence-electron chi connectivity index (χ3n) is 2.29. The molecule has 0 aromatic heterocycles. The highest BCUT2D eigenvalue weighted by atomic mass is 32.2. The number of benzene rings is 1. The summed E-state index contributed by atoms with van der Waals surface area (Å²) in [7, 11) is 0. The van der Waals surface area contributed by atoms with Crippen LogP contribution in [0, 0.1) is 0 Å². The van der Waals surface area contributed by atoms with Crippen LogP contribution in [0.15, 0.2) is 41.0 Å². The van der Waals surface area contributed by atoms with E-state index in [1.807, 2.05) is 18.2 Å². The van der Waals surface area contributed by atoms with Gasteiger partial charge < -0.3 is 15.7 Å². The number of carbonyl (C=O) groups excluding carboxylic acids is 2. The van der Waals surface area contributed by atoms with Gasteiger partial charge in [0, 0.05) is 24.9 Å². The average molecular weight is 294 g/mol. The summed E-state index contributed by atoms with van der Waals surface area (Å²) < 4.78 is 0. The molecule has 0 radical (unpaired) electrons. The number of aliphatic hydroxyl groups is 1. The zero-order valence-corrected chi connectivity index (χ0v) is 12.3. The fourth-order valence-electron chi connectivity index (χ4n) is 1.42. The summed E-state index contributed by atoms with van der Waals surface area (Å²) in [6.45, 7) is 3.33. The fraction of sp³-hybridized carbons (Fsp3) is 0.286. The number of hydrogen-bond acceptors (Lipinski definition) is 4. The minimum Gasteiger partial charge on any atom is -0.511 e. The van der Waals surface area contributed by atoms with E-state index in [-0.39, 0.29) is 22.5 Å². The Balaban J connectivity index is 2.56. The van der Waals surface area contributed by atoms with Crippen LogP contribution >= 0.6 is 11.8 Å². The van der Waals surface area contributed by atoms with Crippen molar-refractivity contribution in [2.45, 2.75) is 13.8 Å². The van der Waals surface area contributed by atoms with Crippen LogP contribution in [0.1, 0.15) is 13.8 Å². The lowest BCUT2D eigenvalue weighted by molar-refractivity contribution is -0.118. The van der Waals surface area contributed by atoms with Crippen molar-refractivity contribution in [3.63, 3.8) is 0 Å². The molecule has 1 aromatic rings. The van der Waals surface area contributed by atoms with Crippen LogP contribution in [-0.2, 0) is 9.59 Å². The molecular formula is C14H18N2O3S. The SMILES string of the molecule is CC(=O)NCCS/C(C(=O)Nc1ccccc1)=C(/C)O. The molecule has 0 spiro atoms. The number of carbonyl (C=O) groups is 2. The summed E-state index contributed by atoms with van der Waals surface area (Å²) in [5.41, 5.74) is 0.665. The topological polar surface area (TPSA) is 78.4 Å². The molecule has 108 valence electrons. The maximum atomic E-state index is 12.0. The predicted molar refractivity (Wildman–Crippen MR) is 81.5 cm³/mol. The molecule has 0 atom stereocenters. The maximum Gasteiger partial charge on any atom is 0.265 e. The van der Waals surface area contributed by atoms with Crippen molar-refractivity contribution in [2.24, 2.45) is 0 Å². The van der Waals surface area contributed by atoms with Crippen LogP contribution in [-0.4, -0.2) is 29.2 Å². The monoisotopic (exact) mass is 294 g/mol. The van der Waals surface area contributed by atoms with Gasteiger partial charge >= 0.3 is 0 Å². The molecule has 0 saturated heterocycles. The van der Waals surface area contributed by atoms with Crippen LogP contribution in [0.5, 0.6) is 0 Å². The number of amides is 2.